The third-order valence-electron chi connectivity index (χ3n) is 3.51. The maximum Gasteiger partial charge on any atom is 0.176 e. The molecule has 112 valence electrons. The molecule has 0 amide bonds. The summed E-state index contributed by atoms with van der Waals surface area (Å²) in [7, 11) is 3.47. The van der Waals surface area contributed by atoms with Gasteiger partial charge >= 0.3 is 0 Å². The molecule has 2 aromatic carbocycles. The van der Waals surface area contributed by atoms with Gasteiger partial charge < -0.3 is 20.5 Å². The van der Waals surface area contributed by atoms with Gasteiger partial charge in [-0.3, -0.25) is 0 Å². The fraction of sp³-hybridized carbons (Fsp3) is 0.250. The minimum Gasteiger partial charge on any atom is -0.503 e. The summed E-state index contributed by atoms with van der Waals surface area (Å²) in [5.41, 5.74) is 7.88. The monoisotopic (exact) mass is 306 g/mol. The van der Waals surface area contributed by atoms with Crippen LogP contribution in [0.25, 0.3) is 0 Å². The van der Waals surface area contributed by atoms with Crippen molar-refractivity contribution >= 4 is 17.3 Å². The van der Waals surface area contributed by atoms with Crippen LogP contribution in [-0.4, -0.2) is 25.8 Å². The summed E-state index contributed by atoms with van der Waals surface area (Å²) in [6.45, 7) is 0.412. The number of ether oxygens (including phenoxy) is 1. The van der Waals surface area contributed by atoms with E-state index in [-0.39, 0.29) is 16.8 Å². The highest BCUT2D eigenvalue weighted by atomic mass is 35.5. The number of benzene rings is 2. The molecule has 0 aliphatic heterocycles. The van der Waals surface area contributed by atoms with Crippen LogP contribution >= 0.6 is 11.6 Å². The molecular formula is C16H19ClN2O2. The molecule has 0 aliphatic carbocycles. The van der Waals surface area contributed by atoms with E-state index in [4.69, 9.17) is 22.1 Å². The van der Waals surface area contributed by atoms with Crippen molar-refractivity contribution in [3.05, 3.63) is 53.1 Å². The van der Waals surface area contributed by atoms with Crippen molar-refractivity contribution in [2.45, 2.75) is 6.04 Å². The van der Waals surface area contributed by atoms with Gasteiger partial charge in [0.2, 0.25) is 0 Å². The second kappa shape index (κ2) is 6.70. The number of nitrogens with two attached hydrogens (primary N) is 1. The van der Waals surface area contributed by atoms with Crippen LogP contribution in [-0.2, 0) is 0 Å². The van der Waals surface area contributed by atoms with Gasteiger partial charge in [-0.15, -0.1) is 0 Å². The summed E-state index contributed by atoms with van der Waals surface area (Å²) in [4.78, 5) is 2.07. The Morgan fingerprint density at radius 3 is 2.52 bits per heavy atom. The van der Waals surface area contributed by atoms with E-state index in [1.165, 1.54) is 7.11 Å². The van der Waals surface area contributed by atoms with Gasteiger partial charge in [-0.05, 0) is 29.8 Å². The van der Waals surface area contributed by atoms with Gasteiger partial charge in [0.1, 0.15) is 0 Å². The van der Waals surface area contributed by atoms with Crippen molar-refractivity contribution in [3.8, 4) is 11.5 Å². The predicted molar refractivity (Wildman–Crippen MR) is 86.3 cm³/mol. The number of nitrogens with zero attached hydrogens (tertiary/aromatic N) is 1. The number of anilines is 1. The molecule has 0 radical (unpaired) electrons. The van der Waals surface area contributed by atoms with Crippen molar-refractivity contribution in [2.75, 3.05) is 25.6 Å². The molecule has 3 N–H and O–H groups in total. The predicted octanol–water partition coefficient (Wildman–Crippen LogP) is 3.19. The molecule has 5 heteroatoms. The summed E-state index contributed by atoms with van der Waals surface area (Å²) in [5, 5.41) is 10.1. The number of phenolic OH excluding ortho intramolecular Hbond substituents is 1. The lowest BCUT2D eigenvalue weighted by Crippen LogP contribution is -2.30. The van der Waals surface area contributed by atoms with Gasteiger partial charge in [0, 0.05) is 19.3 Å². The quantitative estimate of drug-likeness (QED) is 0.890. The highest BCUT2D eigenvalue weighted by Gasteiger charge is 2.19. The first-order valence-electron chi connectivity index (χ1n) is 6.62. The Hall–Kier alpha value is -1.91. The number of phenols is 1. The number of para-hydroxylation sites is 1. The van der Waals surface area contributed by atoms with Crippen molar-refractivity contribution in [3.63, 3.8) is 0 Å². The van der Waals surface area contributed by atoms with E-state index in [0.717, 1.165) is 11.3 Å². The maximum atomic E-state index is 9.83. The summed E-state index contributed by atoms with van der Waals surface area (Å²) < 4.78 is 5.15. The molecule has 1 unspecified atom stereocenters. The maximum absolute atomic E-state index is 9.83. The van der Waals surface area contributed by atoms with Gasteiger partial charge in [0.15, 0.2) is 11.5 Å². The Kier molecular flexibility index (Phi) is 4.94. The largest absolute Gasteiger partial charge is 0.503 e. The molecule has 2 rings (SSSR count). The van der Waals surface area contributed by atoms with Crippen LogP contribution in [0.1, 0.15) is 11.6 Å². The molecule has 0 spiro atoms. The van der Waals surface area contributed by atoms with Gasteiger partial charge in [-0.25, -0.2) is 0 Å². The second-order valence-corrected chi connectivity index (χ2v) is 5.16. The van der Waals surface area contributed by atoms with Gasteiger partial charge in [-0.1, -0.05) is 29.8 Å². The Morgan fingerprint density at radius 2 is 1.95 bits per heavy atom. The zero-order valence-electron chi connectivity index (χ0n) is 12.1. The first-order valence-corrected chi connectivity index (χ1v) is 7.00. The molecule has 0 saturated heterocycles. The van der Waals surface area contributed by atoms with Gasteiger partial charge in [-0.2, -0.15) is 0 Å². The van der Waals surface area contributed by atoms with Crippen molar-refractivity contribution in [2.24, 2.45) is 5.73 Å². The first-order chi connectivity index (χ1) is 10.1. The molecular weight excluding hydrogens is 288 g/mol. The molecule has 0 heterocycles. The number of likely N-dealkylation sites (N-methyl/N-ethyl adjacent to an activating group) is 1. The van der Waals surface area contributed by atoms with Gasteiger partial charge in [0.25, 0.3) is 0 Å². The van der Waals surface area contributed by atoms with Crippen LogP contribution < -0.4 is 15.4 Å². The van der Waals surface area contributed by atoms with E-state index < -0.39 is 0 Å². The van der Waals surface area contributed by atoms with Crippen molar-refractivity contribution in [1.29, 1.82) is 0 Å². The molecule has 0 aliphatic rings. The Labute approximate surface area is 129 Å². The molecule has 0 fully saturated rings. The number of halogens is 1. The number of hydrogen-bond acceptors (Lipinski definition) is 4. The third kappa shape index (κ3) is 3.23. The van der Waals surface area contributed by atoms with Crippen molar-refractivity contribution in [1.82, 2.24) is 0 Å². The number of aromatic hydroxyl groups is 1. The molecule has 0 saturated carbocycles. The molecule has 21 heavy (non-hydrogen) atoms. The highest BCUT2D eigenvalue weighted by molar-refractivity contribution is 6.32. The number of rotatable bonds is 5. The van der Waals surface area contributed by atoms with E-state index in [0.29, 0.717) is 12.3 Å². The molecule has 0 bridgehead atoms. The SMILES string of the molecule is COc1cc(C(CN)N(C)c2ccccc2)cc(Cl)c1O. The Morgan fingerprint density at radius 1 is 1.29 bits per heavy atom. The van der Waals surface area contributed by atoms with E-state index in [1.807, 2.05) is 37.4 Å². The minimum atomic E-state index is -0.0700. The van der Waals surface area contributed by atoms with E-state index in [9.17, 15) is 5.11 Å². The zero-order valence-corrected chi connectivity index (χ0v) is 12.8. The molecule has 2 aromatic rings. The lowest BCUT2D eigenvalue weighted by atomic mass is 10.0. The Bertz CT molecular complexity index is 605. The minimum absolute atomic E-state index is 0.0546. The van der Waals surface area contributed by atoms with Crippen LogP contribution in [0.5, 0.6) is 11.5 Å². The Balaban J connectivity index is 2.40. The van der Waals surface area contributed by atoms with Crippen LogP contribution in [0.15, 0.2) is 42.5 Å². The number of methoxy groups -OCH3 is 1. The second-order valence-electron chi connectivity index (χ2n) is 4.75. The number of hydrogen-bond donors (Lipinski definition) is 2. The lowest BCUT2D eigenvalue weighted by molar-refractivity contribution is 0.372. The average Bonchev–Trinajstić information content (AvgIpc) is 2.52. The topological polar surface area (TPSA) is 58.7 Å². The van der Waals surface area contributed by atoms with Crippen LogP contribution in [0.4, 0.5) is 5.69 Å². The standard InChI is InChI=1S/C16H19ClN2O2/c1-19(12-6-4-3-5-7-12)14(10-18)11-8-13(17)16(20)15(9-11)21-2/h3-9,14,20H,10,18H2,1-2H3. The van der Waals surface area contributed by atoms with Crippen LogP contribution in [0.3, 0.4) is 0 Å². The van der Waals surface area contributed by atoms with Crippen LogP contribution in [0.2, 0.25) is 5.02 Å². The summed E-state index contributed by atoms with van der Waals surface area (Å²) >= 11 is 6.06. The van der Waals surface area contributed by atoms with Crippen molar-refractivity contribution < 1.29 is 9.84 Å². The van der Waals surface area contributed by atoms with Crippen LogP contribution in [0, 0.1) is 0 Å². The fourth-order valence-corrected chi connectivity index (χ4v) is 2.52. The smallest absolute Gasteiger partial charge is 0.176 e. The third-order valence-corrected chi connectivity index (χ3v) is 3.80. The summed E-state index contributed by atoms with van der Waals surface area (Å²) in [5.74, 6) is 0.290. The molecule has 1 atom stereocenters. The van der Waals surface area contributed by atoms with Gasteiger partial charge in [0.05, 0.1) is 18.2 Å². The van der Waals surface area contributed by atoms with E-state index in [1.54, 1.807) is 12.1 Å². The summed E-state index contributed by atoms with van der Waals surface area (Å²) in [6.07, 6.45) is 0. The fourth-order valence-electron chi connectivity index (χ4n) is 2.30. The van der Waals surface area contributed by atoms with E-state index in [2.05, 4.69) is 4.90 Å². The highest BCUT2D eigenvalue weighted by Crippen LogP contribution is 2.38. The lowest BCUT2D eigenvalue weighted by Gasteiger charge is -2.30. The normalized spacial score (nSPS) is 12.0. The molecule has 4 nitrogen and oxygen atoms in total. The average molecular weight is 307 g/mol. The zero-order chi connectivity index (χ0) is 15.4. The summed E-state index contributed by atoms with van der Waals surface area (Å²) in [6, 6.07) is 13.4. The first kappa shape index (κ1) is 15.5. The van der Waals surface area contributed by atoms with E-state index >= 15 is 0 Å². The molecule has 0 aromatic heterocycles.